The molecule has 1 aliphatic heterocycles. The van der Waals surface area contributed by atoms with Gasteiger partial charge in [-0.15, -0.1) is 0 Å². The first-order valence-corrected chi connectivity index (χ1v) is 5.58. The third-order valence-corrected chi connectivity index (χ3v) is 3.94. The molecule has 0 saturated heterocycles. The number of para-hydroxylation sites is 1. The predicted octanol–water partition coefficient (Wildman–Crippen LogP) is 3.33. The van der Waals surface area contributed by atoms with Crippen LogP contribution in [-0.4, -0.2) is 4.57 Å². The van der Waals surface area contributed by atoms with Crippen LogP contribution < -0.4 is 0 Å². The van der Waals surface area contributed by atoms with Crippen LogP contribution >= 0.6 is 0 Å². The minimum atomic E-state index is 0.420. The second kappa shape index (κ2) is 2.19. The number of nitrogens with zero attached hydrogens (tertiary/aromatic N) is 1. The minimum Gasteiger partial charge on any atom is -0.342 e. The van der Waals surface area contributed by atoms with Crippen molar-refractivity contribution in [2.45, 2.75) is 25.3 Å². The molecule has 2 heterocycles. The average Bonchev–Trinajstić information content (AvgIpc) is 2.52. The van der Waals surface area contributed by atoms with Gasteiger partial charge in [-0.2, -0.15) is 0 Å². The van der Waals surface area contributed by atoms with E-state index in [9.17, 15) is 0 Å². The molecule has 0 saturated carbocycles. The van der Waals surface area contributed by atoms with Crippen molar-refractivity contribution in [3.05, 3.63) is 41.6 Å². The maximum Gasteiger partial charge on any atom is 0.0489 e. The van der Waals surface area contributed by atoms with Crippen LogP contribution in [0.3, 0.4) is 0 Å². The zero-order valence-corrected chi connectivity index (χ0v) is 8.83. The summed E-state index contributed by atoms with van der Waals surface area (Å²) in [6.45, 7) is 3.57. The second-order valence-electron chi connectivity index (χ2n) is 5.03. The highest BCUT2D eigenvalue weighted by Crippen LogP contribution is 2.48. The Bertz CT molecular complexity index is 603. The van der Waals surface area contributed by atoms with Gasteiger partial charge >= 0.3 is 0 Å². The van der Waals surface area contributed by atoms with E-state index in [2.05, 4.69) is 47.9 Å². The third kappa shape index (κ3) is 0.728. The Balaban J connectivity index is 2.23. The van der Waals surface area contributed by atoms with Gasteiger partial charge in [0.15, 0.2) is 0 Å². The lowest BCUT2D eigenvalue weighted by Crippen LogP contribution is -2.42. The number of fused-ring (bicyclic) bond motifs is 3. The van der Waals surface area contributed by atoms with Gasteiger partial charge < -0.3 is 4.57 Å². The molecule has 0 N–H and O–H groups in total. The molecule has 4 rings (SSSR count). The molecule has 74 valence electrons. The topological polar surface area (TPSA) is 4.93 Å². The molecule has 1 heteroatoms. The Kier molecular flexibility index (Phi) is 1.13. The number of hydrogen-bond donors (Lipinski definition) is 0. The number of benzene rings is 1. The first-order valence-electron chi connectivity index (χ1n) is 5.58. The number of aromatic nitrogens is 1. The van der Waals surface area contributed by atoms with Crippen LogP contribution in [0.15, 0.2) is 30.3 Å². The average molecular weight is 195 g/mol. The van der Waals surface area contributed by atoms with Gasteiger partial charge in [-0.25, -0.2) is 0 Å². The predicted molar refractivity (Wildman–Crippen MR) is 62.9 cm³/mol. The Morgan fingerprint density at radius 3 is 3.07 bits per heavy atom. The van der Waals surface area contributed by atoms with Crippen molar-refractivity contribution >= 4 is 17.0 Å². The summed E-state index contributed by atoms with van der Waals surface area (Å²) in [6.07, 6.45) is 5.84. The number of rotatable bonds is 0. The number of allylic oxidation sites excluding steroid dienone is 1. The highest BCUT2D eigenvalue weighted by Gasteiger charge is 2.43. The molecule has 1 aromatic carbocycles. The van der Waals surface area contributed by atoms with Crippen molar-refractivity contribution in [2.75, 3.05) is 0 Å². The van der Waals surface area contributed by atoms with E-state index in [1.54, 1.807) is 5.69 Å². The van der Waals surface area contributed by atoms with Gasteiger partial charge in [0.2, 0.25) is 0 Å². The van der Waals surface area contributed by atoms with Gasteiger partial charge in [-0.05, 0) is 12.5 Å². The van der Waals surface area contributed by atoms with E-state index in [1.165, 1.54) is 29.4 Å². The SMILES string of the molecule is CC12CC=Cc3c1n(c1ccccc31)C2. The lowest BCUT2D eigenvalue weighted by molar-refractivity contribution is 0.294. The summed E-state index contributed by atoms with van der Waals surface area (Å²) in [5, 5.41) is 1.42. The molecule has 0 amide bonds. The standard InChI is InChI=1S/C14H13N/c1-14-8-4-6-11-10-5-2-3-7-12(10)15(9-14)13(11)14/h2-7H,8-9H2,1H3. The van der Waals surface area contributed by atoms with Gasteiger partial charge in [-0.1, -0.05) is 37.3 Å². The van der Waals surface area contributed by atoms with E-state index in [1.807, 2.05) is 0 Å². The summed E-state index contributed by atoms with van der Waals surface area (Å²) in [5.74, 6) is 0. The van der Waals surface area contributed by atoms with Crippen LogP contribution in [0.25, 0.3) is 17.0 Å². The third-order valence-electron chi connectivity index (χ3n) is 3.94. The molecule has 1 aromatic heterocycles. The summed E-state index contributed by atoms with van der Waals surface area (Å²) in [6, 6.07) is 8.75. The Hall–Kier alpha value is -1.50. The van der Waals surface area contributed by atoms with Crippen LogP contribution in [0.4, 0.5) is 0 Å². The van der Waals surface area contributed by atoms with Crippen molar-refractivity contribution in [3.63, 3.8) is 0 Å². The summed E-state index contributed by atoms with van der Waals surface area (Å²) in [5.41, 5.74) is 4.85. The summed E-state index contributed by atoms with van der Waals surface area (Å²) >= 11 is 0. The van der Waals surface area contributed by atoms with Crippen molar-refractivity contribution in [1.82, 2.24) is 4.57 Å². The molecule has 0 spiro atoms. The van der Waals surface area contributed by atoms with E-state index in [0.29, 0.717) is 5.41 Å². The Morgan fingerprint density at radius 1 is 1.27 bits per heavy atom. The molecule has 2 aliphatic rings. The molecule has 2 aromatic rings. The van der Waals surface area contributed by atoms with Crippen LogP contribution in [-0.2, 0) is 12.0 Å². The lowest BCUT2D eigenvalue weighted by atomic mass is 9.73. The molecule has 1 unspecified atom stereocenters. The van der Waals surface area contributed by atoms with Crippen molar-refractivity contribution in [1.29, 1.82) is 0 Å². The van der Waals surface area contributed by atoms with Crippen LogP contribution in [0.1, 0.15) is 24.6 Å². The first kappa shape index (κ1) is 7.75. The van der Waals surface area contributed by atoms with E-state index < -0.39 is 0 Å². The highest BCUT2D eigenvalue weighted by atomic mass is 15.1. The van der Waals surface area contributed by atoms with E-state index in [0.717, 1.165) is 0 Å². The van der Waals surface area contributed by atoms with E-state index >= 15 is 0 Å². The van der Waals surface area contributed by atoms with Crippen molar-refractivity contribution < 1.29 is 0 Å². The fourth-order valence-electron chi connectivity index (χ4n) is 3.24. The van der Waals surface area contributed by atoms with Crippen LogP contribution in [0.2, 0.25) is 0 Å². The molecule has 1 aliphatic carbocycles. The molecular weight excluding hydrogens is 182 g/mol. The maximum absolute atomic E-state index is 2.48. The van der Waals surface area contributed by atoms with Crippen molar-refractivity contribution in [2.24, 2.45) is 0 Å². The largest absolute Gasteiger partial charge is 0.342 e. The quantitative estimate of drug-likeness (QED) is 0.607. The Morgan fingerprint density at radius 2 is 2.13 bits per heavy atom. The smallest absolute Gasteiger partial charge is 0.0489 e. The van der Waals surface area contributed by atoms with Crippen LogP contribution in [0.5, 0.6) is 0 Å². The lowest BCUT2D eigenvalue weighted by Gasteiger charge is -2.43. The summed E-state index contributed by atoms with van der Waals surface area (Å²) < 4.78 is 2.48. The van der Waals surface area contributed by atoms with E-state index in [4.69, 9.17) is 0 Å². The van der Waals surface area contributed by atoms with E-state index in [-0.39, 0.29) is 0 Å². The number of hydrogen-bond acceptors (Lipinski definition) is 0. The second-order valence-corrected chi connectivity index (χ2v) is 5.03. The molecule has 15 heavy (non-hydrogen) atoms. The Labute approximate surface area is 89.0 Å². The van der Waals surface area contributed by atoms with Crippen molar-refractivity contribution in [3.8, 4) is 0 Å². The molecule has 0 bridgehead atoms. The zero-order valence-electron chi connectivity index (χ0n) is 8.83. The summed E-state index contributed by atoms with van der Waals surface area (Å²) in [7, 11) is 0. The minimum absolute atomic E-state index is 0.420. The fraction of sp³-hybridized carbons (Fsp3) is 0.286. The van der Waals surface area contributed by atoms with Gasteiger partial charge in [0.25, 0.3) is 0 Å². The molecular formula is C14H13N. The molecule has 1 atom stereocenters. The van der Waals surface area contributed by atoms with Gasteiger partial charge in [-0.3, -0.25) is 0 Å². The van der Waals surface area contributed by atoms with Gasteiger partial charge in [0, 0.05) is 34.1 Å². The maximum atomic E-state index is 2.48. The first-order chi connectivity index (χ1) is 7.30. The molecule has 0 radical (unpaired) electrons. The van der Waals surface area contributed by atoms with Gasteiger partial charge in [0.05, 0.1) is 0 Å². The zero-order chi connectivity index (χ0) is 10.0. The fourth-order valence-corrected chi connectivity index (χ4v) is 3.24. The van der Waals surface area contributed by atoms with Gasteiger partial charge in [0.1, 0.15) is 0 Å². The van der Waals surface area contributed by atoms with Crippen LogP contribution in [0, 0.1) is 0 Å². The monoisotopic (exact) mass is 195 g/mol. The summed E-state index contributed by atoms with van der Waals surface area (Å²) in [4.78, 5) is 0. The molecule has 1 nitrogen and oxygen atoms in total. The normalized spacial score (nSPS) is 26.5. The molecule has 0 fully saturated rings. The highest BCUT2D eigenvalue weighted by molar-refractivity contribution is 5.93.